The van der Waals surface area contributed by atoms with Gasteiger partial charge in [0.25, 0.3) is 0 Å². The molecule has 1 aromatic rings. The number of methoxy groups -OCH3 is 1. The average molecular weight is 262 g/mol. The second-order valence-electron chi connectivity index (χ2n) is 6.37. The molecule has 1 atom stereocenters. The number of cyclic esters (lactones) is 1. The van der Waals surface area contributed by atoms with Gasteiger partial charge in [0, 0.05) is 18.4 Å². The first-order valence-corrected chi connectivity index (χ1v) is 6.67. The summed E-state index contributed by atoms with van der Waals surface area (Å²) in [6.07, 6.45) is 1.18. The van der Waals surface area contributed by atoms with Gasteiger partial charge in [0.1, 0.15) is 11.4 Å². The first-order chi connectivity index (χ1) is 8.76. The molecule has 1 aromatic carbocycles. The molecule has 0 aliphatic carbocycles. The van der Waals surface area contributed by atoms with Crippen LogP contribution in [-0.4, -0.2) is 13.1 Å². The van der Waals surface area contributed by atoms with Gasteiger partial charge in [-0.2, -0.15) is 0 Å². The normalized spacial score (nSPS) is 23.3. The number of hydrogen-bond acceptors (Lipinski definition) is 3. The van der Waals surface area contributed by atoms with Gasteiger partial charge in [-0.15, -0.1) is 0 Å². The Morgan fingerprint density at radius 1 is 1.32 bits per heavy atom. The predicted molar refractivity (Wildman–Crippen MR) is 74.4 cm³/mol. The molecule has 1 aliphatic rings. The van der Waals surface area contributed by atoms with E-state index in [-0.39, 0.29) is 11.4 Å². The minimum absolute atomic E-state index is 0.0556. The lowest BCUT2D eigenvalue weighted by atomic mass is 9.82. The molecule has 1 aliphatic heterocycles. The molecule has 1 saturated heterocycles. The van der Waals surface area contributed by atoms with Crippen LogP contribution in [0, 0.1) is 0 Å². The van der Waals surface area contributed by atoms with E-state index in [0.29, 0.717) is 12.8 Å². The zero-order chi connectivity index (χ0) is 14.3. The molecule has 1 unspecified atom stereocenters. The average Bonchev–Trinajstić information content (AvgIpc) is 2.68. The van der Waals surface area contributed by atoms with Crippen LogP contribution in [0.15, 0.2) is 18.2 Å². The summed E-state index contributed by atoms with van der Waals surface area (Å²) in [6.45, 7) is 8.47. The van der Waals surface area contributed by atoms with Gasteiger partial charge < -0.3 is 9.47 Å². The minimum Gasteiger partial charge on any atom is -0.496 e. The molecule has 3 nitrogen and oxygen atoms in total. The summed E-state index contributed by atoms with van der Waals surface area (Å²) in [5.74, 6) is 0.649. The number of hydrogen-bond donors (Lipinski definition) is 0. The van der Waals surface area contributed by atoms with Gasteiger partial charge in [-0.3, -0.25) is 4.79 Å². The molecule has 3 heteroatoms. The van der Waals surface area contributed by atoms with Crippen molar-refractivity contribution in [1.82, 2.24) is 0 Å². The van der Waals surface area contributed by atoms with Crippen molar-refractivity contribution in [1.29, 1.82) is 0 Å². The number of ether oxygens (including phenoxy) is 2. The maximum atomic E-state index is 11.5. The summed E-state index contributed by atoms with van der Waals surface area (Å²) in [4.78, 5) is 11.5. The SMILES string of the molecule is COc1ccc(C(C)(C)C)cc1C1(C)CCC(=O)O1. The lowest BCUT2D eigenvalue weighted by molar-refractivity contribution is -0.147. The van der Waals surface area contributed by atoms with E-state index in [1.54, 1.807) is 7.11 Å². The van der Waals surface area contributed by atoms with Crippen LogP contribution in [0.5, 0.6) is 5.75 Å². The Morgan fingerprint density at radius 2 is 2.00 bits per heavy atom. The van der Waals surface area contributed by atoms with Crippen molar-refractivity contribution in [2.24, 2.45) is 0 Å². The van der Waals surface area contributed by atoms with Gasteiger partial charge in [0.05, 0.1) is 7.11 Å². The molecule has 0 spiro atoms. The Hall–Kier alpha value is -1.51. The minimum atomic E-state index is -0.566. The van der Waals surface area contributed by atoms with Gasteiger partial charge in [-0.1, -0.05) is 26.8 Å². The van der Waals surface area contributed by atoms with Crippen LogP contribution in [0.1, 0.15) is 51.7 Å². The second kappa shape index (κ2) is 4.55. The molecule has 1 fully saturated rings. The van der Waals surface area contributed by atoms with Gasteiger partial charge in [0.15, 0.2) is 0 Å². The molecule has 104 valence electrons. The molecule has 0 radical (unpaired) electrons. The summed E-state index contributed by atoms with van der Waals surface area (Å²) in [5, 5.41) is 0. The monoisotopic (exact) mass is 262 g/mol. The van der Waals surface area contributed by atoms with Crippen molar-refractivity contribution in [3.8, 4) is 5.75 Å². The largest absolute Gasteiger partial charge is 0.496 e. The Balaban J connectivity index is 2.51. The summed E-state index contributed by atoms with van der Waals surface area (Å²) in [5.41, 5.74) is 1.67. The van der Waals surface area contributed by atoms with E-state index in [1.807, 2.05) is 13.0 Å². The van der Waals surface area contributed by atoms with E-state index in [0.717, 1.165) is 11.3 Å². The number of carbonyl (C=O) groups is 1. The smallest absolute Gasteiger partial charge is 0.306 e. The summed E-state index contributed by atoms with van der Waals surface area (Å²) in [7, 11) is 1.65. The number of carbonyl (C=O) groups excluding carboxylic acids is 1. The van der Waals surface area contributed by atoms with Crippen LogP contribution in [0.4, 0.5) is 0 Å². The summed E-state index contributed by atoms with van der Waals surface area (Å²) >= 11 is 0. The van der Waals surface area contributed by atoms with Gasteiger partial charge in [0.2, 0.25) is 0 Å². The lowest BCUT2D eigenvalue weighted by Gasteiger charge is -2.28. The maximum absolute atomic E-state index is 11.5. The number of benzene rings is 1. The van der Waals surface area contributed by atoms with Crippen molar-refractivity contribution in [2.75, 3.05) is 7.11 Å². The van der Waals surface area contributed by atoms with Crippen LogP contribution in [0.25, 0.3) is 0 Å². The van der Waals surface area contributed by atoms with Crippen LogP contribution < -0.4 is 4.74 Å². The second-order valence-corrected chi connectivity index (χ2v) is 6.37. The van der Waals surface area contributed by atoms with Gasteiger partial charge >= 0.3 is 5.97 Å². The molecular formula is C16H22O3. The van der Waals surface area contributed by atoms with Crippen LogP contribution >= 0.6 is 0 Å². The standard InChI is InChI=1S/C16H22O3/c1-15(2,3)11-6-7-13(18-5)12(10-11)16(4)9-8-14(17)19-16/h6-7,10H,8-9H2,1-5H3. The first kappa shape index (κ1) is 13.9. The topological polar surface area (TPSA) is 35.5 Å². The fourth-order valence-electron chi connectivity index (χ4n) is 2.47. The van der Waals surface area contributed by atoms with E-state index in [4.69, 9.17) is 9.47 Å². The van der Waals surface area contributed by atoms with E-state index in [1.165, 1.54) is 5.56 Å². The molecule has 19 heavy (non-hydrogen) atoms. The molecule has 0 bridgehead atoms. The third kappa shape index (κ3) is 2.60. The highest BCUT2D eigenvalue weighted by atomic mass is 16.6. The van der Waals surface area contributed by atoms with Gasteiger partial charge in [-0.25, -0.2) is 0 Å². The highest BCUT2D eigenvalue weighted by molar-refractivity contribution is 5.73. The fraction of sp³-hybridized carbons (Fsp3) is 0.562. The fourth-order valence-corrected chi connectivity index (χ4v) is 2.47. The van der Waals surface area contributed by atoms with Gasteiger partial charge in [-0.05, 0) is 30.0 Å². The molecule has 1 heterocycles. The molecule has 0 amide bonds. The first-order valence-electron chi connectivity index (χ1n) is 6.67. The van der Waals surface area contributed by atoms with E-state index in [2.05, 4.69) is 32.9 Å². The summed E-state index contributed by atoms with van der Waals surface area (Å²) in [6, 6.07) is 6.15. The Kier molecular flexibility index (Phi) is 3.33. The maximum Gasteiger partial charge on any atom is 0.306 e. The molecule has 2 rings (SSSR count). The Morgan fingerprint density at radius 3 is 2.47 bits per heavy atom. The molecular weight excluding hydrogens is 240 g/mol. The van der Waals surface area contributed by atoms with Crippen molar-refractivity contribution >= 4 is 5.97 Å². The highest BCUT2D eigenvalue weighted by Gasteiger charge is 2.40. The Labute approximate surface area is 114 Å². The van der Waals surface area contributed by atoms with Crippen molar-refractivity contribution < 1.29 is 14.3 Å². The quantitative estimate of drug-likeness (QED) is 0.765. The third-order valence-electron chi connectivity index (χ3n) is 3.78. The molecule has 0 saturated carbocycles. The number of rotatable bonds is 2. The van der Waals surface area contributed by atoms with Crippen LogP contribution in [-0.2, 0) is 20.5 Å². The van der Waals surface area contributed by atoms with Crippen LogP contribution in [0.2, 0.25) is 0 Å². The van der Waals surface area contributed by atoms with E-state index in [9.17, 15) is 4.79 Å². The zero-order valence-corrected chi connectivity index (χ0v) is 12.4. The number of esters is 1. The van der Waals surface area contributed by atoms with E-state index >= 15 is 0 Å². The predicted octanol–water partition coefficient (Wildman–Crippen LogP) is 3.54. The highest BCUT2D eigenvalue weighted by Crippen LogP contribution is 2.42. The molecule has 0 N–H and O–H groups in total. The third-order valence-corrected chi connectivity index (χ3v) is 3.78. The summed E-state index contributed by atoms with van der Waals surface area (Å²) < 4.78 is 11.0. The van der Waals surface area contributed by atoms with Crippen molar-refractivity contribution in [2.45, 2.75) is 51.6 Å². The van der Waals surface area contributed by atoms with Crippen molar-refractivity contribution in [3.63, 3.8) is 0 Å². The van der Waals surface area contributed by atoms with Crippen LogP contribution in [0.3, 0.4) is 0 Å². The Bertz CT molecular complexity index is 499. The van der Waals surface area contributed by atoms with Crippen molar-refractivity contribution in [3.05, 3.63) is 29.3 Å². The molecule has 0 aromatic heterocycles. The zero-order valence-electron chi connectivity index (χ0n) is 12.4. The lowest BCUT2D eigenvalue weighted by Crippen LogP contribution is -2.23. The van der Waals surface area contributed by atoms with E-state index < -0.39 is 5.60 Å².